The second-order valence-corrected chi connectivity index (χ2v) is 5.98. The Labute approximate surface area is 145 Å². The van der Waals surface area contributed by atoms with Gasteiger partial charge in [0.05, 0.1) is 12.1 Å². The zero-order valence-corrected chi connectivity index (χ0v) is 13.6. The van der Waals surface area contributed by atoms with Gasteiger partial charge in [0, 0.05) is 17.7 Å². The van der Waals surface area contributed by atoms with Crippen LogP contribution in [0.1, 0.15) is 24.9 Å². The fourth-order valence-corrected chi connectivity index (χ4v) is 3.02. The molecule has 0 bridgehead atoms. The number of aromatic hydroxyl groups is 2. The van der Waals surface area contributed by atoms with E-state index in [1.165, 1.54) is 5.01 Å². The molecule has 0 spiro atoms. The van der Waals surface area contributed by atoms with Crippen molar-refractivity contribution < 1.29 is 14.6 Å². The lowest BCUT2D eigenvalue weighted by Gasteiger charge is -2.23. The Balaban J connectivity index is 1.89. The third-order valence-corrected chi connectivity index (χ3v) is 4.16. The van der Waals surface area contributed by atoms with Crippen molar-refractivity contribution >= 4 is 22.8 Å². The molecule has 1 aliphatic rings. The zero-order valence-electron chi connectivity index (χ0n) is 13.6. The molecule has 0 fully saturated rings. The zero-order chi connectivity index (χ0) is 18.4. The summed E-state index contributed by atoms with van der Waals surface area (Å²) in [7, 11) is 0. The number of hydrogen-bond acceptors (Lipinski definition) is 8. The van der Waals surface area contributed by atoms with Crippen LogP contribution in [-0.4, -0.2) is 25.9 Å². The average molecular weight is 354 g/mol. The minimum absolute atomic E-state index is 0.0429. The summed E-state index contributed by atoms with van der Waals surface area (Å²) in [5.41, 5.74) is -0.379. The molecule has 1 aliphatic heterocycles. The highest BCUT2D eigenvalue weighted by Gasteiger charge is 2.31. The standard InChI is InChI=1S/C17H14N4O5/c1-8-6-10(9-4-2-3-5-11(9)22)21(20-8)17-18-15(25)14-12(23)7-13(24)26-16(14)19-17/h2-5,7,10,22-23H,6H2,1H3,(H,18,19,25). The number of rotatable bonds is 2. The van der Waals surface area contributed by atoms with E-state index in [9.17, 15) is 19.8 Å². The molecule has 26 heavy (non-hydrogen) atoms. The number of phenolic OH excluding ortho intramolecular Hbond substituents is 1. The first kappa shape index (κ1) is 15.9. The molecular formula is C17H14N4O5. The molecule has 9 nitrogen and oxygen atoms in total. The molecule has 0 amide bonds. The van der Waals surface area contributed by atoms with Crippen LogP contribution < -0.4 is 16.2 Å². The Kier molecular flexibility index (Phi) is 3.50. The predicted molar refractivity (Wildman–Crippen MR) is 93.6 cm³/mol. The normalized spacial score (nSPS) is 16.9. The van der Waals surface area contributed by atoms with Crippen LogP contribution >= 0.6 is 0 Å². The van der Waals surface area contributed by atoms with Crippen molar-refractivity contribution in [1.29, 1.82) is 0 Å². The van der Waals surface area contributed by atoms with Crippen LogP contribution in [0, 0.1) is 0 Å². The second kappa shape index (κ2) is 5.73. The molecule has 4 rings (SSSR count). The van der Waals surface area contributed by atoms with Gasteiger partial charge in [-0.3, -0.25) is 9.78 Å². The Bertz CT molecular complexity index is 1160. The minimum Gasteiger partial charge on any atom is -0.508 e. The predicted octanol–water partition coefficient (Wildman–Crippen LogP) is 1.61. The number of benzene rings is 1. The van der Waals surface area contributed by atoms with Crippen molar-refractivity contribution in [2.75, 3.05) is 5.01 Å². The highest BCUT2D eigenvalue weighted by molar-refractivity contribution is 5.87. The van der Waals surface area contributed by atoms with Gasteiger partial charge in [-0.05, 0) is 13.0 Å². The molecule has 1 aromatic carbocycles. The molecule has 3 aromatic rings. The van der Waals surface area contributed by atoms with Gasteiger partial charge >= 0.3 is 5.63 Å². The summed E-state index contributed by atoms with van der Waals surface area (Å²) in [6.07, 6.45) is 0.517. The molecule has 1 unspecified atom stereocenters. The molecule has 0 saturated heterocycles. The highest BCUT2D eigenvalue weighted by atomic mass is 16.4. The summed E-state index contributed by atoms with van der Waals surface area (Å²) < 4.78 is 4.94. The monoisotopic (exact) mass is 354 g/mol. The average Bonchev–Trinajstić information content (AvgIpc) is 2.95. The summed E-state index contributed by atoms with van der Waals surface area (Å²) in [6, 6.07) is 7.23. The number of phenols is 1. The lowest BCUT2D eigenvalue weighted by atomic mass is 10.0. The topological polar surface area (TPSA) is 132 Å². The Morgan fingerprint density at radius 3 is 2.77 bits per heavy atom. The van der Waals surface area contributed by atoms with Crippen LogP contribution in [0.25, 0.3) is 11.1 Å². The number of nitrogens with one attached hydrogen (secondary N) is 1. The smallest absolute Gasteiger partial charge is 0.341 e. The summed E-state index contributed by atoms with van der Waals surface area (Å²) in [4.78, 5) is 30.5. The molecule has 0 saturated carbocycles. The lowest BCUT2D eigenvalue weighted by molar-refractivity contribution is 0.460. The van der Waals surface area contributed by atoms with Gasteiger partial charge in [-0.1, -0.05) is 18.2 Å². The molecule has 3 N–H and O–H groups in total. The van der Waals surface area contributed by atoms with E-state index in [0.717, 1.165) is 11.8 Å². The van der Waals surface area contributed by atoms with Gasteiger partial charge in [-0.25, -0.2) is 9.80 Å². The van der Waals surface area contributed by atoms with Crippen LogP contribution in [0.4, 0.5) is 5.95 Å². The van der Waals surface area contributed by atoms with Crippen LogP contribution in [0.5, 0.6) is 11.5 Å². The number of aromatic nitrogens is 2. The molecule has 1 atom stereocenters. The third kappa shape index (κ3) is 2.50. The van der Waals surface area contributed by atoms with Gasteiger partial charge < -0.3 is 14.6 Å². The third-order valence-electron chi connectivity index (χ3n) is 4.16. The van der Waals surface area contributed by atoms with Crippen molar-refractivity contribution in [3.8, 4) is 11.5 Å². The summed E-state index contributed by atoms with van der Waals surface area (Å²) in [6.45, 7) is 1.82. The summed E-state index contributed by atoms with van der Waals surface area (Å²) in [5, 5.41) is 25.6. The first-order valence-electron chi connectivity index (χ1n) is 7.82. The molecular weight excluding hydrogens is 340 g/mol. The molecule has 3 heterocycles. The van der Waals surface area contributed by atoms with Crippen molar-refractivity contribution in [1.82, 2.24) is 9.97 Å². The van der Waals surface area contributed by atoms with E-state index in [0.29, 0.717) is 12.0 Å². The summed E-state index contributed by atoms with van der Waals surface area (Å²) >= 11 is 0. The molecule has 0 aliphatic carbocycles. The van der Waals surface area contributed by atoms with Crippen LogP contribution in [-0.2, 0) is 0 Å². The Hall–Kier alpha value is -3.62. The van der Waals surface area contributed by atoms with E-state index in [4.69, 9.17) is 4.42 Å². The highest BCUT2D eigenvalue weighted by Crippen LogP contribution is 2.37. The van der Waals surface area contributed by atoms with Crippen LogP contribution in [0.15, 0.2) is 49.4 Å². The Morgan fingerprint density at radius 2 is 2.00 bits per heavy atom. The molecule has 0 radical (unpaired) electrons. The maximum atomic E-state index is 12.3. The Morgan fingerprint density at radius 1 is 1.23 bits per heavy atom. The van der Waals surface area contributed by atoms with Gasteiger partial charge in [0.15, 0.2) is 0 Å². The number of para-hydroxylation sites is 1. The summed E-state index contributed by atoms with van der Waals surface area (Å²) in [5.74, 6) is -0.365. The molecule has 132 valence electrons. The van der Waals surface area contributed by atoms with E-state index < -0.39 is 16.9 Å². The van der Waals surface area contributed by atoms with Crippen molar-refractivity contribution in [2.24, 2.45) is 5.10 Å². The van der Waals surface area contributed by atoms with E-state index in [1.54, 1.807) is 24.3 Å². The number of hydrazone groups is 1. The molecule has 9 heteroatoms. The number of hydrogen-bond donors (Lipinski definition) is 3. The lowest BCUT2D eigenvalue weighted by Crippen LogP contribution is -2.24. The largest absolute Gasteiger partial charge is 0.508 e. The van der Waals surface area contributed by atoms with Gasteiger partial charge in [0.25, 0.3) is 5.56 Å². The van der Waals surface area contributed by atoms with E-state index >= 15 is 0 Å². The van der Waals surface area contributed by atoms with Gasteiger partial charge in [-0.2, -0.15) is 10.1 Å². The number of aromatic amines is 1. The van der Waals surface area contributed by atoms with E-state index in [-0.39, 0.29) is 28.8 Å². The van der Waals surface area contributed by atoms with Gasteiger partial charge in [0.1, 0.15) is 16.9 Å². The first-order chi connectivity index (χ1) is 12.4. The minimum atomic E-state index is -0.822. The number of nitrogens with zero attached hydrogens (tertiary/aromatic N) is 3. The van der Waals surface area contributed by atoms with Gasteiger partial charge in [-0.15, -0.1) is 0 Å². The number of H-pyrrole nitrogens is 1. The maximum Gasteiger partial charge on any atom is 0.341 e. The van der Waals surface area contributed by atoms with Gasteiger partial charge in [0.2, 0.25) is 11.7 Å². The van der Waals surface area contributed by atoms with Crippen LogP contribution in [0.2, 0.25) is 0 Å². The van der Waals surface area contributed by atoms with Crippen LogP contribution in [0.3, 0.4) is 0 Å². The first-order valence-corrected chi connectivity index (χ1v) is 7.82. The fraction of sp³-hybridized carbons (Fsp3) is 0.176. The SMILES string of the molecule is CC1=NN(c2nc3oc(=O)cc(O)c3c(=O)[nH]2)C(c2ccccc2O)C1. The second-order valence-electron chi connectivity index (χ2n) is 5.98. The number of anilines is 1. The number of fused-ring (bicyclic) bond motifs is 1. The van der Waals surface area contributed by atoms with Crippen molar-refractivity contribution in [2.45, 2.75) is 19.4 Å². The van der Waals surface area contributed by atoms with E-state index in [1.807, 2.05) is 6.92 Å². The van der Waals surface area contributed by atoms with E-state index in [2.05, 4.69) is 15.1 Å². The molecule has 2 aromatic heterocycles. The van der Waals surface area contributed by atoms with Crippen molar-refractivity contribution in [3.63, 3.8) is 0 Å². The van der Waals surface area contributed by atoms with Crippen molar-refractivity contribution in [3.05, 3.63) is 56.7 Å². The fourth-order valence-electron chi connectivity index (χ4n) is 3.02. The maximum absolute atomic E-state index is 12.3. The quantitative estimate of drug-likeness (QED) is 0.637.